The van der Waals surface area contributed by atoms with Gasteiger partial charge in [0.2, 0.25) is 5.91 Å². The molecule has 3 atom stereocenters. The van der Waals surface area contributed by atoms with Crippen molar-refractivity contribution >= 4 is 27.6 Å². The maximum atomic E-state index is 12.3. The number of esters is 1. The van der Waals surface area contributed by atoms with E-state index in [4.69, 9.17) is 4.74 Å². The Morgan fingerprint density at radius 3 is 2.54 bits per heavy atom. The van der Waals surface area contributed by atoms with Crippen LogP contribution in [0.2, 0.25) is 0 Å². The molecule has 1 N–H and O–H groups in total. The van der Waals surface area contributed by atoms with Crippen molar-refractivity contribution in [1.29, 1.82) is 0 Å². The van der Waals surface area contributed by atoms with Gasteiger partial charge in [-0.1, -0.05) is 12.8 Å². The van der Waals surface area contributed by atoms with Crippen LogP contribution in [0.3, 0.4) is 0 Å². The molecule has 2 aliphatic heterocycles. The van der Waals surface area contributed by atoms with Gasteiger partial charge in [-0.05, 0) is 26.2 Å². The molecule has 2 saturated heterocycles. The van der Waals surface area contributed by atoms with E-state index in [0.29, 0.717) is 13.0 Å². The van der Waals surface area contributed by atoms with Crippen LogP contribution in [0.15, 0.2) is 0 Å². The summed E-state index contributed by atoms with van der Waals surface area (Å²) in [5.74, 6) is -1.62. The number of likely N-dealkylation sites (tertiary alicyclic amines) is 1. The first-order valence-electron chi connectivity index (χ1n) is 9.26. The smallest absolute Gasteiger partial charge is 0.312 e. The van der Waals surface area contributed by atoms with E-state index in [0.717, 1.165) is 25.7 Å². The highest BCUT2D eigenvalue weighted by molar-refractivity contribution is 7.91. The van der Waals surface area contributed by atoms with Crippen LogP contribution in [0.1, 0.15) is 45.4 Å². The van der Waals surface area contributed by atoms with Crippen LogP contribution in [-0.2, 0) is 29.0 Å². The molecular weight excluding hydrogens is 360 g/mol. The van der Waals surface area contributed by atoms with Crippen molar-refractivity contribution < 1.29 is 27.5 Å². The van der Waals surface area contributed by atoms with Crippen molar-refractivity contribution in [2.75, 3.05) is 18.1 Å². The summed E-state index contributed by atoms with van der Waals surface area (Å²) in [5.41, 5.74) is 0. The largest absolute Gasteiger partial charge is 0.452 e. The molecule has 0 bridgehead atoms. The summed E-state index contributed by atoms with van der Waals surface area (Å²) < 4.78 is 28.1. The van der Waals surface area contributed by atoms with E-state index in [1.54, 1.807) is 4.90 Å². The lowest BCUT2D eigenvalue weighted by Crippen LogP contribution is -2.43. The number of sulfone groups is 1. The van der Waals surface area contributed by atoms with Crippen molar-refractivity contribution in [2.24, 2.45) is 5.92 Å². The number of nitrogens with zero attached hydrogens (tertiary/aromatic N) is 1. The Balaban J connectivity index is 1.48. The molecule has 0 spiro atoms. The topological polar surface area (TPSA) is 110 Å². The summed E-state index contributed by atoms with van der Waals surface area (Å²) in [6.45, 7) is 1.82. The fraction of sp³-hybridized carbons (Fsp3) is 0.824. The van der Waals surface area contributed by atoms with E-state index < -0.39 is 39.8 Å². The number of hydrogen-bond acceptors (Lipinski definition) is 6. The summed E-state index contributed by atoms with van der Waals surface area (Å²) in [6.07, 6.45) is 3.68. The quantitative estimate of drug-likeness (QED) is 0.667. The average molecular weight is 386 g/mol. The average Bonchev–Trinajstić information content (AvgIpc) is 3.27. The summed E-state index contributed by atoms with van der Waals surface area (Å²) in [5, 5.41) is 2.62. The minimum Gasteiger partial charge on any atom is -0.452 e. The van der Waals surface area contributed by atoms with E-state index in [9.17, 15) is 22.8 Å². The third-order valence-electron chi connectivity index (χ3n) is 5.50. The number of carbonyl (C=O) groups is 3. The van der Waals surface area contributed by atoms with Gasteiger partial charge in [-0.3, -0.25) is 14.4 Å². The van der Waals surface area contributed by atoms with Crippen molar-refractivity contribution in [2.45, 2.75) is 63.6 Å². The highest BCUT2D eigenvalue weighted by atomic mass is 32.2. The van der Waals surface area contributed by atoms with Gasteiger partial charge in [-0.2, -0.15) is 0 Å². The number of rotatable bonds is 5. The van der Waals surface area contributed by atoms with Crippen LogP contribution in [0, 0.1) is 5.92 Å². The Morgan fingerprint density at radius 1 is 1.23 bits per heavy atom. The van der Waals surface area contributed by atoms with Gasteiger partial charge < -0.3 is 15.0 Å². The third-order valence-corrected chi connectivity index (χ3v) is 7.27. The molecule has 0 aromatic rings. The molecule has 0 unspecified atom stereocenters. The maximum absolute atomic E-state index is 12.3. The predicted octanol–water partition coefficient (Wildman–Crippen LogP) is 0.0125. The van der Waals surface area contributed by atoms with Crippen LogP contribution in [-0.4, -0.2) is 67.3 Å². The lowest BCUT2D eigenvalue weighted by molar-refractivity contribution is -0.158. The van der Waals surface area contributed by atoms with Crippen LogP contribution in [0.4, 0.5) is 0 Å². The SMILES string of the molecule is C[C@H](OC(=O)[C@@H]1CC(=O)N(C2CCCC2)C1)C(=O)N[C@@H]1CCS(=O)(=O)C1. The molecule has 1 aliphatic carbocycles. The van der Waals surface area contributed by atoms with E-state index in [2.05, 4.69) is 5.32 Å². The molecule has 3 aliphatic rings. The lowest BCUT2D eigenvalue weighted by Gasteiger charge is -2.24. The molecule has 3 rings (SSSR count). The number of nitrogens with one attached hydrogen (secondary N) is 1. The minimum atomic E-state index is -3.09. The fourth-order valence-corrected chi connectivity index (χ4v) is 5.68. The molecule has 2 amide bonds. The van der Waals surface area contributed by atoms with E-state index in [1.165, 1.54) is 6.92 Å². The monoisotopic (exact) mass is 386 g/mol. The zero-order valence-corrected chi connectivity index (χ0v) is 15.8. The second-order valence-corrected chi connectivity index (χ2v) is 9.80. The first kappa shape index (κ1) is 19.1. The van der Waals surface area contributed by atoms with Gasteiger partial charge in [0.1, 0.15) is 0 Å². The Labute approximate surface area is 153 Å². The first-order chi connectivity index (χ1) is 12.2. The number of amides is 2. The highest BCUT2D eigenvalue weighted by Gasteiger charge is 2.40. The number of ether oxygens (including phenoxy) is 1. The summed E-state index contributed by atoms with van der Waals surface area (Å²) in [6, 6.07) is -0.204. The van der Waals surface area contributed by atoms with Crippen molar-refractivity contribution in [3.05, 3.63) is 0 Å². The fourth-order valence-electron chi connectivity index (χ4n) is 4.01. The second-order valence-electron chi connectivity index (χ2n) is 7.57. The number of carbonyl (C=O) groups excluding carboxylic acids is 3. The minimum absolute atomic E-state index is 0.0212. The lowest BCUT2D eigenvalue weighted by atomic mass is 10.1. The van der Waals surface area contributed by atoms with Crippen LogP contribution in [0.5, 0.6) is 0 Å². The Morgan fingerprint density at radius 2 is 1.92 bits per heavy atom. The van der Waals surface area contributed by atoms with Crippen molar-refractivity contribution in [1.82, 2.24) is 10.2 Å². The molecule has 3 fully saturated rings. The van der Waals surface area contributed by atoms with Gasteiger partial charge in [0, 0.05) is 25.0 Å². The van der Waals surface area contributed by atoms with Gasteiger partial charge >= 0.3 is 5.97 Å². The Bertz CT molecular complexity index is 685. The van der Waals surface area contributed by atoms with Crippen molar-refractivity contribution in [3.8, 4) is 0 Å². The molecule has 26 heavy (non-hydrogen) atoms. The molecular formula is C17H26N2O6S. The molecule has 1 saturated carbocycles. The number of hydrogen-bond donors (Lipinski definition) is 1. The van der Waals surface area contributed by atoms with Gasteiger partial charge in [0.15, 0.2) is 15.9 Å². The van der Waals surface area contributed by atoms with Crippen LogP contribution < -0.4 is 5.32 Å². The molecule has 8 nitrogen and oxygen atoms in total. The highest BCUT2D eigenvalue weighted by Crippen LogP contribution is 2.30. The Kier molecular flexibility index (Phi) is 5.55. The molecule has 0 radical (unpaired) electrons. The molecule has 2 heterocycles. The normalized spacial score (nSPS) is 29.7. The Hall–Kier alpha value is -1.64. The van der Waals surface area contributed by atoms with Crippen molar-refractivity contribution in [3.63, 3.8) is 0 Å². The van der Waals surface area contributed by atoms with E-state index >= 15 is 0 Å². The van der Waals surface area contributed by atoms with Gasteiger partial charge in [-0.15, -0.1) is 0 Å². The molecule has 0 aromatic carbocycles. The summed E-state index contributed by atoms with van der Waals surface area (Å²) in [7, 11) is -3.09. The van der Waals surface area contributed by atoms with E-state index in [1.807, 2.05) is 0 Å². The first-order valence-corrected chi connectivity index (χ1v) is 11.1. The zero-order valence-electron chi connectivity index (χ0n) is 15.0. The van der Waals surface area contributed by atoms with Crippen LogP contribution in [0.25, 0.3) is 0 Å². The van der Waals surface area contributed by atoms with Gasteiger partial charge in [0.25, 0.3) is 5.91 Å². The van der Waals surface area contributed by atoms with Gasteiger partial charge in [-0.25, -0.2) is 8.42 Å². The van der Waals surface area contributed by atoms with Gasteiger partial charge in [0.05, 0.1) is 17.4 Å². The molecule has 9 heteroatoms. The maximum Gasteiger partial charge on any atom is 0.312 e. The summed E-state index contributed by atoms with van der Waals surface area (Å²) >= 11 is 0. The zero-order chi connectivity index (χ0) is 18.9. The summed E-state index contributed by atoms with van der Waals surface area (Å²) in [4.78, 5) is 38.4. The standard InChI is InChI=1S/C17H26N2O6S/c1-11(16(21)18-13-6-7-26(23,24)10-13)25-17(22)12-8-15(20)19(9-12)14-4-2-3-5-14/h11-14H,2-10H2,1H3,(H,18,21)/t11-,12+,13+/m0/s1. The second kappa shape index (κ2) is 7.54. The molecule has 146 valence electrons. The molecule has 0 aromatic heterocycles. The third kappa shape index (κ3) is 4.36. The van der Waals surface area contributed by atoms with Crippen LogP contribution >= 0.6 is 0 Å². The predicted molar refractivity (Wildman–Crippen MR) is 92.8 cm³/mol. The van der Waals surface area contributed by atoms with E-state index in [-0.39, 0.29) is 29.9 Å².